The molecule has 0 bridgehead atoms. The first-order valence-electron chi connectivity index (χ1n) is 10.5. The standard InChI is InChI=1S/C24H25ClN6O/c1-16(15-26)27-24(32)18-5-3-4-17(12-18)22-14-23(29-28-22)20-7-6-19(13-21(20)25)31-10-8-30(2)9-11-31/h3-7,12-14,16H,8-11H2,1-2H3,(H,27,32)(H,28,29). The number of rotatable bonds is 5. The van der Waals surface area contributed by atoms with Crippen molar-refractivity contribution in [2.45, 2.75) is 13.0 Å². The molecule has 2 aromatic carbocycles. The number of carbonyl (C=O) groups excluding carboxylic acids is 1. The van der Waals surface area contributed by atoms with Crippen molar-refractivity contribution in [2.24, 2.45) is 0 Å². The van der Waals surface area contributed by atoms with Crippen LogP contribution < -0.4 is 10.2 Å². The number of nitrogens with zero attached hydrogens (tertiary/aromatic N) is 4. The minimum Gasteiger partial charge on any atom is -0.369 e. The van der Waals surface area contributed by atoms with Crippen LogP contribution >= 0.6 is 11.6 Å². The van der Waals surface area contributed by atoms with Crippen molar-refractivity contribution < 1.29 is 4.79 Å². The van der Waals surface area contributed by atoms with E-state index in [4.69, 9.17) is 16.9 Å². The first-order chi connectivity index (χ1) is 15.4. The van der Waals surface area contributed by atoms with Crippen LogP contribution in [0.4, 0.5) is 5.69 Å². The lowest BCUT2D eigenvalue weighted by Gasteiger charge is -2.34. The van der Waals surface area contributed by atoms with Crippen molar-refractivity contribution in [3.8, 4) is 28.6 Å². The monoisotopic (exact) mass is 448 g/mol. The quantitative estimate of drug-likeness (QED) is 0.620. The third kappa shape index (κ3) is 4.77. The van der Waals surface area contributed by atoms with Crippen LogP contribution in [0.2, 0.25) is 5.02 Å². The lowest BCUT2D eigenvalue weighted by molar-refractivity contribution is 0.0948. The van der Waals surface area contributed by atoms with E-state index in [0.29, 0.717) is 16.3 Å². The summed E-state index contributed by atoms with van der Waals surface area (Å²) in [6.07, 6.45) is 0. The number of carbonyl (C=O) groups is 1. The van der Waals surface area contributed by atoms with Gasteiger partial charge < -0.3 is 15.1 Å². The van der Waals surface area contributed by atoms with Gasteiger partial charge in [-0.05, 0) is 50.4 Å². The summed E-state index contributed by atoms with van der Waals surface area (Å²) >= 11 is 6.63. The fraction of sp³-hybridized carbons (Fsp3) is 0.292. The summed E-state index contributed by atoms with van der Waals surface area (Å²) in [5.41, 5.74) is 4.79. The molecule has 1 aliphatic heterocycles. The highest BCUT2D eigenvalue weighted by molar-refractivity contribution is 6.33. The third-order valence-corrected chi connectivity index (χ3v) is 5.96. The summed E-state index contributed by atoms with van der Waals surface area (Å²) in [5, 5.41) is 19.7. The summed E-state index contributed by atoms with van der Waals surface area (Å²) in [4.78, 5) is 17.0. The van der Waals surface area contributed by atoms with E-state index in [0.717, 1.165) is 48.7 Å². The Morgan fingerprint density at radius 2 is 1.97 bits per heavy atom. The summed E-state index contributed by atoms with van der Waals surface area (Å²) in [6, 6.07) is 16.6. The first-order valence-corrected chi connectivity index (χ1v) is 10.9. The zero-order valence-corrected chi connectivity index (χ0v) is 18.9. The molecule has 1 atom stereocenters. The average molecular weight is 449 g/mol. The molecule has 1 fully saturated rings. The molecular weight excluding hydrogens is 424 g/mol. The van der Waals surface area contributed by atoms with Gasteiger partial charge in [-0.3, -0.25) is 9.89 Å². The largest absolute Gasteiger partial charge is 0.369 e. The Balaban J connectivity index is 1.54. The lowest BCUT2D eigenvalue weighted by atomic mass is 10.1. The fourth-order valence-corrected chi connectivity index (χ4v) is 4.00. The van der Waals surface area contributed by atoms with Crippen LogP contribution in [0.1, 0.15) is 17.3 Å². The second-order valence-electron chi connectivity index (χ2n) is 8.03. The second-order valence-corrected chi connectivity index (χ2v) is 8.43. The van der Waals surface area contributed by atoms with Crippen molar-refractivity contribution in [2.75, 3.05) is 38.1 Å². The van der Waals surface area contributed by atoms with E-state index in [1.165, 1.54) is 0 Å². The van der Waals surface area contributed by atoms with E-state index in [1.54, 1.807) is 25.1 Å². The Kier molecular flexibility index (Phi) is 6.45. The van der Waals surface area contributed by atoms with Gasteiger partial charge in [0.25, 0.3) is 5.91 Å². The number of hydrogen-bond donors (Lipinski definition) is 2. The highest BCUT2D eigenvalue weighted by atomic mass is 35.5. The normalized spacial score (nSPS) is 15.2. The average Bonchev–Trinajstić information content (AvgIpc) is 3.29. The molecule has 2 heterocycles. The van der Waals surface area contributed by atoms with Crippen LogP contribution in [-0.2, 0) is 0 Å². The summed E-state index contributed by atoms with van der Waals surface area (Å²) in [7, 11) is 2.14. The predicted molar refractivity (Wildman–Crippen MR) is 127 cm³/mol. The molecule has 1 aromatic heterocycles. The van der Waals surface area contributed by atoms with Gasteiger partial charge in [-0.15, -0.1) is 0 Å². The van der Waals surface area contributed by atoms with Gasteiger partial charge in [0, 0.05) is 48.6 Å². The minimum atomic E-state index is -0.556. The molecule has 164 valence electrons. The zero-order chi connectivity index (χ0) is 22.7. The van der Waals surface area contributed by atoms with Crippen LogP contribution in [0.3, 0.4) is 0 Å². The highest BCUT2D eigenvalue weighted by Gasteiger charge is 2.17. The molecule has 2 N–H and O–H groups in total. The van der Waals surface area contributed by atoms with Crippen LogP contribution in [0, 0.1) is 11.3 Å². The van der Waals surface area contributed by atoms with Crippen LogP contribution in [-0.4, -0.2) is 60.3 Å². The highest BCUT2D eigenvalue weighted by Crippen LogP contribution is 2.33. The van der Waals surface area contributed by atoms with Gasteiger partial charge >= 0.3 is 0 Å². The molecule has 8 heteroatoms. The number of amides is 1. The van der Waals surface area contributed by atoms with E-state index in [2.05, 4.69) is 38.4 Å². The summed E-state index contributed by atoms with van der Waals surface area (Å²) in [6.45, 7) is 5.68. The van der Waals surface area contributed by atoms with Crippen molar-refractivity contribution in [3.63, 3.8) is 0 Å². The number of anilines is 1. The molecule has 1 unspecified atom stereocenters. The van der Waals surface area contributed by atoms with E-state index < -0.39 is 6.04 Å². The number of piperazine rings is 1. The molecule has 0 saturated carbocycles. The van der Waals surface area contributed by atoms with Gasteiger partial charge in [0.15, 0.2) is 0 Å². The number of aromatic amines is 1. The topological polar surface area (TPSA) is 88.0 Å². The third-order valence-electron chi connectivity index (χ3n) is 5.65. The smallest absolute Gasteiger partial charge is 0.252 e. The molecule has 1 aliphatic rings. The number of nitrogens with one attached hydrogen (secondary N) is 2. The van der Waals surface area contributed by atoms with Gasteiger partial charge in [0.05, 0.1) is 22.5 Å². The molecule has 3 aromatic rings. The molecule has 7 nitrogen and oxygen atoms in total. The number of aromatic nitrogens is 2. The Labute approximate surface area is 192 Å². The number of H-pyrrole nitrogens is 1. The maximum atomic E-state index is 12.3. The lowest BCUT2D eigenvalue weighted by Crippen LogP contribution is -2.44. The molecule has 0 aliphatic carbocycles. The van der Waals surface area contributed by atoms with E-state index in [1.807, 2.05) is 30.3 Å². The Bertz CT molecular complexity index is 1160. The molecule has 1 amide bonds. The van der Waals surface area contributed by atoms with Gasteiger partial charge in [0.1, 0.15) is 6.04 Å². The van der Waals surface area contributed by atoms with Gasteiger partial charge in [-0.1, -0.05) is 23.7 Å². The second kappa shape index (κ2) is 9.43. The van der Waals surface area contributed by atoms with Crippen molar-refractivity contribution in [1.82, 2.24) is 20.4 Å². The minimum absolute atomic E-state index is 0.292. The Hall–Kier alpha value is -3.34. The number of nitriles is 1. The number of halogens is 1. The molecule has 1 saturated heterocycles. The Morgan fingerprint density at radius 3 is 2.69 bits per heavy atom. The molecule has 0 spiro atoms. The predicted octanol–water partition coefficient (Wildman–Crippen LogP) is 3.79. The Morgan fingerprint density at radius 1 is 1.19 bits per heavy atom. The van der Waals surface area contributed by atoms with E-state index in [-0.39, 0.29) is 5.91 Å². The summed E-state index contributed by atoms with van der Waals surface area (Å²) in [5.74, 6) is -0.292. The molecule has 4 rings (SSSR count). The van der Waals surface area contributed by atoms with Crippen molar-refractivity contribution in [3.05, 3.63) is 59.1 Å². The fourth-order valence-electron chi connectivity index (χ4n) is 3.72. The van der Waals surface area contributed by atoms with Gasteiger partial charge in [-0.25, -0.2) is 0 Å². The van der Waals surface area contributed by atoms with Crippen LogP contribution in [0.5, 0.6) is 0 Å². The van der Waals surface area contributed by atoms with E-state index in [9.17, 15) is 4.79 Å². The maximum Gasteiger partial charge on any atom is 0.252 e. The zero-order valence-electron chi connectivity index (χ0n) is 18.1. The van der Waals surface area contributed by atoms with Gasteiger partial charge in [-0.2, -0.15) is 10.4 Å². The first kappa shape index (κ1) is 21.9. The number of likely N-dealkylation sites (N-methyl/N-ethyl adjacent to an activating group) is 1. The van der Waals surface area contributed by atoms with Gasteiger partial charge in [0.2, 0.25) is 0 Å². The van der Waals surface area contributed by atoms with E-state index >= 15 is 0 Å². The summed E-state index contributed by atoms with van der Waals surface area (Å²) < 4.78 is 0. The van der Waals surface area contributed by atoms with Crippen LogP contribution in [0.15, 0.2) is 48.5 Å². The van der Waals surface area contributed by atoms with Crippen LogP contribution in [0.25, 0.3) is 22.5 Å². The maximum absolute atomic E-state index is 12.3. The van der Waals surface area contributed by atoms with Crippen molar-refractivity contribution in [1.29, 1.82) is 5.26 Å². The molecular formula is C24H25ClN6O. The SMILES string of the molecule is CC(C#N)NC(=O)c1cccc(-c2cc(-c3ccc(N4CCN(C)CC4)cc3Cl)[nH]n2)c1. The number of benzene rings is 2. The van der Waals surface area contributed by atoms with Crippen molar-refractivity contribution >= 4 is 23.2 Å². The number of hydrogen-bond acceptors (Lipinski definition) is 5. The molecule has 0 radical (unpaired) electrons. The molecule has 32 heavy (non-hydrogen) atoms.